The summed E-state index contributed by atoms with van der Waals surface area (Å²) < 4.78 is 44.2. The molecule has 9 rings (SSSR count). The molecule has 8 heterocycles. The van der Waals surface area contributed by atoms with Crippen LogP contribution in [-0.2, 0) is 0 Å². The molecule has 4 aromatic rings. The predicted molar refractivity (Wildman–Crippen MR) is 158 cm³/mol. The quantitative estimate of drug-likeness (QED) is 0.350. The number of pyridine rings is 2. The van der Waals surface area contributed by atoms with Gasteiger partial charge in [-0.05, 0) is 63.7 Å². The van der Waals surface area contributed by atoms with Crippen molar-refractivity contribution in [2.24, 2.45) is 0 Å². The first-order chi connectivity index (χ1) is 21.0. The molecular weight excluding hydrogens is 576 g/mol. The molecule has 9 nitrogen and oxygen atoms in total. The zero-order chi connectivity index (χ0) is 28.9. The van der Waals surface area contributed by atoms with Gasteiger partial charge in [0.05, 0.1) is 16.6 Å². The minimum absolute atomic E-state index is 0.00748. The lowest BCUT2D eigenvalue weighted by atomic mass is 9.95. The molecule has 1 N–H and O–H groups in total. The third-order valence-electron chi connectivity index (χ3n) is 10.3. The Balaban J connectivity index is 1.24. The summed E-state index contributed by atoms with van der Waals surface area (Å²) in [6.45, 7) is 3.68. The van der Waals surface area contributed by atoms with Crippen LogP contribution in [0.25, 0.3) is 32.9 Å². The highest BCUT2D eigenvalue weighted by atomic mass is 35.5. The van der Waals surface area contributed by atoms with Gasteiger partial charge in [-0.25, -0.2) is 13.8 Å². The highest BCUT2D eigenvalue weighted by molar-refractivity contribution is 6.36. The Morgan fingerprint density at radius 1 is 1.07 bits per heavy atom. The van der Waals surface area contributed by atoms with Gasteiger partial charge in [-0.15, -0.1) is 0 Å². The van der Waals surface area contributed by atoms with E-state index in [1.807, 2.05) is 0 Å². The summed E-state index contributed by atoms with van der Waals surface area (Å²) in [5.41, 5.74) is 0.246. The third-order valence-corrected chi connectivity index (χ3v) is 10.7. The molecule has 3 aromatic heterocycles. The second-order valence-corrected chi connectivity index (χ2v) is 12.9. The zero-order valence-electron chi connectivity index (χ0n) is 23.5. The average molecular weight is 606 g/mol. The van der Waals surface area contributed by atoms with Crippen LogP contribution in [0.3, 0.4) is 0 Å². The van der Waals surface area contributed by atoms with Gasteiger partial charge in [-0.1, -0.05) is 11.6 Å². The molecule has 4 saturated heterocycles. The van der Waals surface area contributed by atoms with E-state index in [1.54, 1.807) is 12.3 Å². The summed E-state index contributed by atoms with van der Waals surface area (Å²) in [6.07, 6.45) is 9.54. The van der Waals surface area contributed by atoms with Crippen LogP contribution < -0.4 is 19.7 Å². The van der Waals surface area contributed by atoms with Gasteiger partial charge in [-0.3, -0.25) is 9.88 Å². The number of fused-ring (bicyclic) bond motifs is 7. The Labute approximate surface area is 251 Å². The molecule has 2 bridgehead atoms. The van der Waals surface area contributed by atoms with Crippen LogP contribution in [0.15, 0.2) is 24.5 Å². The zero-order valence-corrected chi connectivity index (χ0v) is 24.2. The molecule has 5 aliphatic heterocycles. The third kappa shape index (κ3) is 3.87. The molecule has 222 valence electrons. The van der Waals surface area contributed by atoms with E-state index in [-0.39, 0.29) is 51.3 Å². The largest absolute Gasteiger partial charge is 0.475 e. The first kappa shape index (κ1) is 26.0. The molecule has 5 aliphatic rings. The number of benzene rings is 1. The molecule has 3 unspecified atom stereocenters. The van der Waals surface area contributed by atoms with Crippen LogP contribution in [0.4, 0.5) is 14.6 Å². The highest BCUT2D eigenvalue weighted by Crippen LogP contribution is 2.45. The molecule has 12 heteroatoms. The first-order valence-corrected chi connectivity index (χ1v) is 15.5. The van der Waals surface area contributed by atoms with Crippen molar-refractivity contribution in [1.29, 1.82) is 0 Å². The van der Waals surface area contributed by atoms with Crippen LogP contribution in [0, 0.1) is 11.6 Å². The Morgan fingerprint density at radius 3 is 2.79 bits per heavy atom. The minimum atomic E-state index is -0.677. The fourth-order valence-electron chi connectivity index (χ4n) is 8.20. The van der Waals surface area contributed by atoms with Crippen LogP contribution in [-0.4, -0.2) is 81.3 Å². The highest BCUT2D eigenvalue weighted by Gasteiger charge is 2.46. The molecule has 0 saturated carbocycles. The van der Waals surface area contributed by atoms with Gasteiger partial charge in [0.1, 0.15) is 41.4 Å². The minimum Gasteiger partial charge on any atom is -0.475 e. The second kappa shape index (κ2) is 9.54. The Bertz CT molecular complexity index is 1800. The maximum absolute atomic E-state index is 16.8. The van der Waals surface area contributed by atoms with Crippen molar-refractivity contribution in [3.05, 3.63) is 41.2 Å². The Kier molecular flexibility index (Phi) is 5.78. The SMILES string of the molecule is Fc1ccc2cncc(-c3nc4c5c(nc(OCC67CCCN6CCC7)nc5c3F)N3CC5CCC(N5)C3CO4)c2c1Cl. The van der Waals surface area contributed by atoms with Gasteiger partial charge in [0.2, 0.25) is 5.88 Å². The van der Waals surface area contributed by atoms with E-state index in [2.05, 4.69) is 25.1 Å². The second-order valence-electron chi connectivity index (χ2n) is 12.6. The molecule has 0 amide bonds. The maximum atomic E-state index is 16.8. The summed E-state index contributed by atoms with van der Waals surface area (Å²) in [7, 11) is 0. The van der Waals surface area contributed by atoms with E-state index in [9.17, 15) is 4.39 Å². The van der Waals surface area contributed by atoms with Crippen molar-refractivity contribution in [2.75, 3.05) is 37.7 Å². The van der Waals surface area contributed by atoms with Crippen molar-refractivity contribution < 1.29 is 18.3 Å². The standard InChI is InChI=1S/C31H30ClF2N7O2/c32-24-19(33)5-3-16-11-35-12-18(22(16)24)26-25(34)27-23-28(39-30(38-27)43-15-31-7-1-9-40(31)10-2-8-31)41-13-17-4-6-20(36-17)21(41)14-42-29(23)37-26/h3,5,11-12,17,20-21,36H,1-2,4,6-10,13-15H2. The van der Waals surface area contributed by atoms with E-state index < -0.39 is 11.6 Å². The molecular formula is C31H30ClF2N7O2. The molecule has 4 fully saturated rings. The lowest BCUT2D eigenvalue weighted by Gasteiger charge is -2.40. The van der Waals surface area contributed by atoms with Gasteiger partial charge in [0.15, 0.2) is 5.82 Å². The topological polar surface area (TPSA) is 88.5 Å². The predicted octanol–water partition coefficient (Wildman–Crippen LogP) is 4.88. The van der Waals surface area contributed by atoms with Crippen molar-refractivity contribution in [2.45, 2.75) is 62.2 Å². The smallest absolute Gasteiger partial charge is 0.319 e. The number of ether oxygens (including phenoxy) is 2. The summed E-state index contributed by atoms with van der Waals surface area (Å²) in [6, 6.07) is 3.51. The van der Waals surface area contributed by atoms with Gasteiger partial charge in [0, 0.05) is 47.4 Å². The number of nitrogens with zero attached hydrogens (tertiary/aromatic N) is 6. The molecule has 0 spiro atoms. The number of aromatic nitrogens is 4. The van der Waals surface area contributed by atoms with Gasteiger partial charge in [0.25, 0.3) is 0 Å². The number of anilines is 1. The normalized spacial score (nSPS) is 25.6. The monoisotopic (exact) mass is 605 g/mol. The summed E-state index contributed by atoms with van der Waals surface area (Å²) in [5, 5.41) is 4.90. The molecule has 0 aliphatic carbocycles. The van der Waals surface area contributed by atoms with Gasteiger partial charge < -0.3 is 19.7 Å². The summed E-state index contributed by atoms with van der Waals surface area (Å²) in [4.78, 5) is 23.3. The number of halogens is 3. The summed E-state index contributed by atoms with van der Waals surface area (Å²) >= 11 is 6.43. The van der Waals surface area contributed by atoms with E-state index in [4.69, 9.17) is 31.0 Å². The van der Waals surface area contributed by atoms with Crippen LogP contribution in [0.2, 0.25) is 5.02 Å². The molecule has 0 radical (unpaired) electrons. The van der Waals surface area contributed by atoms with Crippen molar-refractivity contribution >= 4 is 39.1 Å². The van der Waals surface area contributed by atoms with Gasteiger partial charge >= 0.3 is 6.01 Å². The molecule has 3 atom stereocenters. The Morgan fingerprint density at radius 2 is 1.93 bits per heavy atom. The number of nitrogens with one attached hydrogen (secondary N) is 1. The van der Waals surface area contributed by atoms with Crippen LogP contribution >= 0.6 is 11.6 Å². The average Bonchev–Trinajstić information content (AvgIpc) is 3.69. The summed E-state index contributed by atoms with van der Waals surface area (Å²) in [5.74, 6) is -0.465. The maximum Gasteiger partial charge on any atom is 0.319 e. The lowest BCUT2D eigenvalue weighted by Crippen LogP contribution is -2.60. The number of hydrogen-bond donors (Lipinski definition) is 1. The van der Waals surface area contributed by atoms with Crippen molar-refractivity contribution in [1.82, 2.24) is 30.2 Å². The first-order valence-electron chi connectivity index (χ1n) is 15.2. The van der Waals surface area contributed by atoms with E-state index in [0.29, 0.717) is 41.2 Å². The fourth-order valence-corrected chi connectivity index (χ4v) is 8.48. The van der Waals surface area contributed by atoms with Crippen LogP contribution in [0.5, 0.6) is 11.9 Å². The van der Waals surface area contributed by atoms with Crippen LogP contribution in [0.1, 0.15) is 38.5 Å². The van der Waals surface area contributed by atoms with E-state index in [1.165, 1.54) is 12.3 Å². The number of piperazine rings is 1. The molecule has 1 aromatic carbocycles. The lowest BCUT2D eigenvalue weighted by molar-refractivity contribution is 0.108. The number of hydrogen-bond acceptors (Lipinski definition) is 9. The van der Waals surface area contributed by atoms with E-state index in [0.717, 1.165) is 58.2 Å². The van der Waals surface area contributed by atoms with Gasteiger partial charge in [-0.2, -0.15) is 9.97 Å². The van der Waals surface area contributed by atoms with E-state index >= 15 is 4.39 Å². The van der Waals surface area contributed by atoms with Crippen molar-refractivity contribution in [3.8, 4) is 23.1 Å². The number of rotatable bonds is 4. The fraction of sp³-hybridized carbons (Fsp3) is 0.484. The molecule has 43 heavy (non-hydrogen) atoms. The Hall–Kier alpha value is -3.41. The van der Waals surface area contributed by atoms with Crippen molar-refractivity contribution in [3.63, 3.8) is 0 Å².